The third-order valence-electron chi connectivity index (χ3n) is 2.31. The van der Waals surface area contributed by atoms with Crippen LogP contribution in [0, 0.1) is 0 Å². The van der Waals surface area contributed by atoms with Crippen LogP contribution in [0.4, 0.5) is 0 Å². The smallest absolute Gasteiger partial charge is 0.308 e. The van der Waals surface area contributed by atoms with Crippen LogP contribution in [0.25, 0.3) is 0 Å². The standard InChI is InChI=1S/C10H18O3/c1-8(11)7-10(12)13-9-5-3-2-4-6-9/h8-9,11H,2-7H2,1H3/t8-/m1/s1. The van der Waals surface area contributed by atoms with Crippen LogP contribution in [-0.2, 0) is 9.53 Å². The summed E-state index contributed by atoms with van der Waals surface area (Å²) < 4.78 is 5.20. The van der Waals surface area contributed by atoms with Gasteiger partial charge in [-0.15, -0.1) is 0 Å². The molecule has 13 heavy (non-hydrogen) atoms. The van der Waals surface area contributed by atoms with E-state index in [1.54, 1.807) is 6.92 Å². The second-order valence-corrected chi connectivity index (χ2v) is 3.80. The van der Waals surface area contributed by atoms with Crippen LogP contribution >= 0.6 is 0 Å². The Morgan fingerprint density at radius 3 is 2.62 bits per heavy atom. The number of hydrogen-bond acceptors (Lipinski definition) is 3. The maximum absolute atomic E-state index is 11.1. The van der Waals surface area contributed by atoms with Gasteiger partial charge in [0.2, 0.25) is 0 Å². The number of aliphatic hydroxyl groups is 1. The van der Waals surface area contributed by atoms with Gasteiger partial charge in [0.05, 0.1) is 12.5 Å². The first-order chi connectivity index (χ1) is 6.18. The third kappa shape index (κ3) is 4.27. The number of hydrogen-bond donors (Lipinski definition) is 1. The molecule has 0 bridgehead atoms. The van der Waals surface area contributed by atoms with E-state index in [1.165, 1.54) is 6.42 Å². The molecule has 1 aliphatic carbocycles. The van der Waals surface area contributed by atoms with Crippen molar-refractivity contribution < 1.29 is 14.6 Å². The van der Waals surface area contributed by atoms with Gasteiger partial charge in [0.25, 0.3) is 0 Å². The van der Waals surface area contributed by atoms with Crippen LogP contribution in [0.15, 0.2) is 0 Å². The minimum atomic E-state index is -0.587. The Kier molecular flexibility index (Phi) is 4.22. The average Bonchev–Trinajstić information content (AvgIpc) is 2.04. The van der Waals surface area contributed by atoms with Crippen LogP contribution in [-0.4, -0.2) is 23.3 Å². The van der Waals surface area contributed by atoms with Gasteiger partial charge in [0.15, 0.2) is 0 Å². The summed E-state index contributed by atoms with van der Waals surface area (Å²) >= 11 is 0. The zero-order valence-corrected chi connectivity index (χ0v) is 8.16. The molecule has 0 aliphatic heterocycles. The fourth-order valence-electron chi connectivity index (χ4n) is 1.66. The number of ether oxygens (including phenoxy) is 1. The summed E-state index contributed by atoms with van der Waals surface area (Å²) in [5.41, 5.74) is 0. The number of aliphatic hydroxyl groups excluding tert-OH is 1. The van der Waals surface area contributed by atoms with E-state index >= 15 is 0 Å². The average molecular weight is 186 g/mol. The fraction of sp³-hybridized carbons (Fsp3) is 0.900. The van der Waals surface area contributed by atoms with Gasteiger partial charge in [-0.3, -0.25) is 4.79 Å². The van der Waals surface area contributed by atoms with Crippen molar-refractivity contribution in [3.63, 3.8) is 0 Å². The maximum atomic E-state index is 11.1. The Hall–Kier alpha value is -0.570. The van der Waals surface area contributed by atoms with Gasteiger partial charge in [-0.25, -0.2) is 0 Å². The van der Waals surface area contributed by atoms with Gasteiger partial charge >= 0.3 is 5.97 Å². The van der Waals surface area contributed by atoms with E-state index < -0.39 is 6.10 Å². The van der Waals surface area contributed by atoms with Gasteiger partial charge in [-0.05, 0) is 32.6 Å². The lowest BCUT2D eigenvalue weighted by molar-refractivity contribution is -0.152. The van der Waals surface area contributed by atoms with Gasteiger partial charge in [-0.1, -0.05) is 6.42 Å². The molecule has 76 valence electrons. The van der Waals surface area contributed by atoms with Crippen LogP contribution < -0.4 is 0 Å². The zero-order valence-electron chi connectivity index (χ0n) is 8.16. The summed E-state index contributed by atoms with van der Waals surface area (Å²) in [4.78, 5) is 11.1. The van der Waals surface area contributed by atoms with E-state index in [-0.39, 0.29) is 18.5 Å². The minimum absolute atomic E-state index is 0.111. The maximum Gasteiger partial charge on any atom is 0.308 e. The Morgan fingerprint density at radius 1 is 1.46 bits per heavy atom. The number of carbonyl (C=O) groups is 1. The van der Waals surface area contributed by atoms with Crippen molar-refractivity contribution >= 4 is 5.97 Å². The quantitative estimate of drug-likeness (QED) is 0.681. The van der Waals surface area contributed by atoms with Crippen molar-refractivity contribution in [2.75, 3.05) is 0 Å². The number of esters is 1. The van der Waals surface area contributed by atoms with Crippen LogP contribution in [0.1, 0.15) is 45.4 Å². The molecule has 1 fully saturated rings. The Balaban J connectivity index is 2.18. The molecule has 1 rings (SSSR count). The highest BCUT2D eigenvalue weighted by Crippen LogP contribution is 2.20. The van der Waals surface area contributed by atoms with Crippen molar-refractivity contribution in [2.45, 2.75) is 57.7 Å². The van der Waals surface area contributed by atoms with Crippen LogP contribution in [0.5, 0.6) is 0 Å². The number of carbonyl (C=O) groups excluding carboxylic acids is 1. The lowest BCUT2D eigenvalue weighted by Crippen LogP contribution is -2.22. The summed E-state index contributed by atoms with van der Waals surface area (Å²) in [6.45, 7) is 1.60. The van der Waals surface area contributed by atoms with Crippen molar-refractivity contribution in [3.05, 3.63) is 0 Å². The molecular weight excluding hydrogens is 168 g/mol. The lowest BCUT2D eigenvalue weighted by Gasteiger charge is -2.21. The summed E-state index contributed by atoms with van der Waals surface area (Å²) in [6, 6.07) is 0. The highest BCUT2D eigenvalue weighted by molar-refractivity contribution is 5.70. The molecule has 1 N–H and O–H groups in total. The molecule has 0 radical (unpaired) electrons. The normalized spacial score (nSPS) is 21.1. The lowest BCUT2D eigenvalue weighted by atomic mass is 9.98. The summed E-state index contributed by atoms with van der Waals surface area (Å²) in [5, 5.41) is 8.95. The Morgan fingerprint density at radius 2 is 2.08 bits per heavy atom. The molecule has 3 nitrogen and oxygen atoms in total. The largest absolute Gasteiger partial charge is 0.462 e. The highest BCUT2D eigenvalue weighted by Gasteiger charge is 2.18. The predicted molar refractivity (Wildman–Crippen MR) is 49.3 cm³/mol. The molecule has 0 spiro atoms. The third-order valence-corrected chi connectivity index (χ3v) is 2.31. The van der Waals surface area contributed by atoms with Crippen molar-refractivity contribution in [1.82, 2.24) is 0 Å². The first kappa shape index (κ1) is 10.5. The van der Waals surface area contributed by atoms with Gasteiger partial charge in [-0.2, -0.15) is 0 Å². The second-order valence-electron chi connectivity index (χ2n) is 3.80. The summed E-state index contributed by atoms with van der Waals surface area (Å²) in [5.74, 6) is -0.262. The predicted octanol–water partition coefficient (Wildman–Crippen LogP) is 1.63. The van der Waals surface area contributed by atoms with E-state index in [9.17, 15) is 4.79 Å². The molecule has 0 unspecified atom stereocenters. The zero-order chi connectivity index (χ0) is 9.68. The molecule has 1 atom stereocenters. The van der Waals surface area contributed by atoms with Crippen molar-refractivity contribution in [1.29, 1.82) is 0 Å². The molecule has 0 aromatic heterocycles. The topological polar surface area (TPSA) is 46.5 Å². The summed E-state index contributed by atoms with van der Waals surface area (Å²) in [7, 11) is 0. The first-order valence-corrected chi connectivity index (χ1v) is 5.06. The van der Waals surface area contributed by atoms with E-state index in [0.29, 0.717) is 0 Å². The molecular formula is C10H18O3. The molecule has 0 aromatic rings. The molecule has 3 heteroatoms. The molecule has 0 saturated heterocycles. The van der Waals surface area contributed by atoms with Gasteiger partial charge in [0.1, 0.15) is 6.10 Å². The fourth-order valence-corrected chi connectivity index (χ4v) is 1.66. The Labute approximate surface area is 79.1 Å². The molecule has 0 heterocycles. The molecule has 0 amide bonds. The van der Waals surface area contributed by atoms with E-state index in [0.717, 1.165) is 25.7 Å². The second kappa shape index (κ2) is 5.22. The van der Waals surface area contributed by atoms with Gasteiger partial charge in [0, 0.05) is 0 Å². The SMILES string of the molecule is C[C@@H](O)CC(=O)OC1CCCCC1. The van der Waals surface area contributed by atoms with E-state index in [1.807, 2.05) is 0 Å². The van der Waals surface area contributed by atoms with Gasteiger partial charge < -0.3 is 9.84 Å². The van der Waals surface area contributed by atoms with Crippen molar-refractivity contribution in [3.8, 4) is 0 Å². The van der Waals surface area contributed by atoms with Crippen LogP contribution in [0.3, 0.4) is 0 Å². The summed E-state index contributed by atoms with van der Waals surface area (Å²) in [6.07, 6.45) is 5.20. The van der Waals surface area contributed by atoms with E-state index in [2.05, 4.69) is 0 Å². The molecule has 1 aliphatic rings. The van der Waals surface area contributed by atoms with E-state index in [4.69, 9.17) is 9.84 Å². The Bertz CT molecular complexity index is 160. The minimum Gasteiger partial charge on any atom is -0.462 e. The number of rotatable bonds is 3. The van der Waals surface area contributed by atoms with Crippen molar-refractivity contribution in [2.24, 2.45) is 0 Å². The van der Waals surface area contributed by atoms with Crippen LogP contribution in [0.2, 0.25) is 0 Å². The first-order valence-electron chi connectivity index (χ1n) is 5.06. The monoisotopic (exact) mass is 186 g/mol. The highest BCUT2D eigenvalue weighted by atomic mass is 16.5. The molecule has 1 saturated carbocycles. The molecule has 0 aromatic carbocycles.